The highest BCUT2D eigenvalue weighted by atomic mass is 79.9. The zero-order valence-corrected chi connectivity index (χ0v) is 18.5. The predicted octanol–water partition coefficient (Wildman–Crippen LogP) is 3.92. The second-order valence-electron chi connectivity index (χ2n) is 6.45. The monoisotopic (exact) mass is 494 g/mol. The van der Waals surface area contributed by atoms with Gasteiger partial charge in [-0.05, 0) is 60.3 Å². The number of amides is 1. The fourth-order valence-electron chi connectivity index (χ4n) is 3.04. The van der Waals surface area contributed by atoms with Crippen LogP contribution in [0.5, 0.6) is 0 Å². The summed E-state index contributed by atoms with van der Waals surface area (Å²) in [5, 5.41) is 3.03. The Morgan fingerprint density at radius 1 is 1.32 bits per heavy atom. The molecule has 1 heterocycles. The van der Waals surface area contributed by atoms with Crippen LogP contribution in [0.3, 0.4) is 0 Å². The number of nitrogens with zero attached hydrogens (tertiary/aromatic N) is 1. The number of sulfonamides is 1. The van der Waals surface area contributed by atoms with Gasteiger partial charge in [0, 0.05) is 34.0 Å². The molecule has 140 valence electrons. The highest BCUT2D eigenvalue weighted by Crippen LogP contribution is 2.30. The molecule has 1 unspecified atom stereocenters. The van der Waals surface area contributed by atoms with Crippen LogP contribution in [0, 0.1) is 5.92 Å². The highest BCUT2D eigenvalue weighted by molar-refractivity contribution is 9.11. The van der Waals surface area contributed by atoms with E-state index < -0.39 is 10.0 Å². The van der Waals surface area contributed by atoms with Gasteiger partial charge in [0.15, 0.2) is 0 Å². The molecule has 0 radical (unpaired) electrons. The number of halogens is 2. The largest absolute Gasteiger partial charge is 0.353 e. The molecule has 25 heavy (non-hydrogen) atoms. The lowest BCUT2D eigenvalue weighted by molar-refractivity contribution is -0.126. The van der Waals surface area contributed by atoms with Gasteiger partial charge in [-0.2, -0.15) is 4.31 Å². The number of hydrogen-bond donors (Lipinski definition) is 1. The molecule has 1 fully saturated rings. The Kier molecular flexibility index (Phi) is 7.49. The molecule has 0 aromatic heterocycles. The Morgan fingerprint density at radius 2 is 1.96 bits per heavy atom. The molecule has 1 saturated heterocycles. The molecule has 5 nitrogen and oxygen atoms in total. The maximum Gasteiger partial charge on any atom is 0.244 e. The number of benzene rings is 1. The molecule has 1 N–H and O–H groups in total. The van der Waals surface area contributed by atoms with Gasteiger partial charge < -0.3 is 5.32 Å². The number of carbonyl (C=O) groups excluding carboxylic acids is 1. The van der Waals surface area contributed by atoms with Gasteiger partial charge in [0.25, 0.3) is 0 Å². The van der Waals surface area contributed by atoms with Crippen LogP contribution in [0.4, 0.5) is 0 Å². The summed E-state index contributed by atoms with van der Waals surface area (Å²) in [7, 11) is -3.57. The third-order valence-electron chi connectivity index (χ3n) is 4.45. The van der Waals surface area contributed by atoms with Crippen LogP contribution in [0.25, 0.3) is 0 Å². The van der Waals surface area contributed by atoms with Crippen molar-refractivity contribution in [1.82, 2.24) is 9.62 Å². The van der Waals surface area contributed by atoms with E-state index in [9.17, 15) is 13.2 Å². The molecule has 1 aliphatic rings. The van der Waals surface area contributed by atoms with E-state index in [1.165, 1.54) is 4.31 Å². The molecule has 1 amide bonds. The minimum atomic E-state index is -3.57. The first-order chi connectivity index (χ1) is 11.8. The molecular weight excluding hydrogens is 472 g/mol. The Labute approximate surface area is 166 Å². The summed E-state index contributed by atoms with van der Waals surface area (Å²) >= 11 is 6.64. The minimum Gasteiger partial charge on any atom is -0.353 e. The summed E-state index contributed by atoms with van der Waals surface area (Å²) in [6.45, 7) is 4.82. The summed E-state index contributed by atoms with van der Waals surface area (Å²) in [5.74, 6) is -0.0710. The molecule has 0 aliphatic carbocycles. The van der Waals surface area contributed by atoms with Crippen LogP contribution in [-0.2, 0) is 14.8 Å². The van der Waals surface area contributed by atoms with Crippen molar-refractivity contribution in [2.24, 2.45) is 5.92 Å². The first kappa shape index (κ1) is 20.9. The first-order valence-electron chi connectivity index (χ1n) is 8.51. The number of carbonyl (C=O) groups is 1. The minimum absolute atomic E-state index is 0.0432. The van der Waals surface area contributed by atoms with Crippen molar-refractivity contribution in [3.63, 3.8) is 0 Å². The molecular formula is C17H24Br2N2O3S. The molecule has 1 aromatic rings. The maximum absolute atomic E-state index is 12.9. The van der Waals surface area contributed by atoms with E-state index in [1.807, 2.05) is 6.92 Å². The number of hydrogen-bond acceptors (Lipinski definition) is 3. The third-order valence-corrected chi connectivity index (χ3v) is 7.83. The molecule has 1 atom stereocenters. The Hall–Kier alpha value is -0.440. The Bertz CT molecular complexity index is 717. The van der Waals surface area contributed by atoms with Gasteiger partial charge in [-0.15, -0.1) is 0 Å². The van der Waals surface area contributed by atoms with E-state index in [1.54, 1.807) is 18.2 Å². The van der Waals surface area contributed by atoms with E-state index in [2.05, 4.69) is 44.1 Å². The zero-order chi connectivity index (χ0) is 18.6. The summed E-state index contributed by atoms with van der Waals surface area (Å²) in [6.07, 6.45) is 3.08. The van der Waals surface area contributed by atoms with Gasteiger partial charge in [0.1, 0.15) is 0 Å². The van der Waals surface area contributed by atoms with Gasteiger partial charge >= 0.3 is 0 Å². The van der Waals surface area contributed by atoms with Crippen LogP contribution in [0.15, 0.2) is 32.0 Å². The smallest absolute Gasteiger partial charge is 0.244 e. The van der Waals surface area contributed by atoms with Crippen molar-refractivity contribution in [2.45, 2.75) is 50.5 Å². The second kappa shape index (κ2) is 8.97. The topological polar surface area (TPSA) is 66.5 Å². The summed E-state index contributed by atoms with van der Waals surface area (Å²) in [5.41, 5.74) is 0. The lowest BCUT2D eigenvalue weighted by atomic mass is 9.96. The van der Waals surface area contributed by atoms with Crippen LogP contribution < -0.4 is 5.32 Å². The molecule has 0 saturated carbocycles. The first-order valence-corrected chi connectivity index (χ1v) is 11.5. The summed E-state index contributed by atoms with van der Waals surface area (Å²) < 4.78 is 28.5. The second-order valence-corrected chi connectivity index (χ2v) is 10.1. The van der Waals surface area contributed by atoms with Crippen molar-refractivity contribution in [3.8, 4) is 0 Å². The van der Waals surface area contributed by atoms with Crippen LogP contribution >= 0.6 is 31.9 Å². The van der Waals surface area contributed by atoms with Crippen molar-refractivity contribution in [2.75, 3.05) is 13.1 Å². The van der Waals surface area contributed by atoms with Crippen molar-refractivity contribution in [1.29, 1.82) is 0 Å². The van der Waals surface area contributed by atoms with Gasteiger partial charge in [0.05, 0.1) is 4.90 Å². The Morgan fingerprint density at radius 3 is 2.56 bits per heavy atom. The maximum atomic E-state index is 12.9. The zero-order valence-electron chi connectivity index (χ0n) is 14.5. The van der Waals surface area contributed by atoms with Crippen molar-refractivity contribution in [3.05, 3.63) is 27.1 Å². The summed E-state index contributed by atoms with van der Waals surface area (Å²) in [6, 6.07) is 5.27. The van der Waals surface area contributed by atoms with Crippen LogP contribution in [0.2, 0.25) is 0 Å². The standard InChI is InChI=1S/C17H24Br2N2O3S/c1-3-4-12(2)20-17(22)13-7-9-21(10-8-13)25(23,24)16-11-14(18)5-6-15(16)19/h5-6,11-13H,3-4,7-10H2,1-2H3,(H,20,22). The third kappa shape index (κ3) is 5.28. The average molecular weight is 496 g/mol. The van der Waals surface area contributed by atoms with Gasteiger partial charge in [0.2, 0.25) is 15.9 Å². The van der Waals surface area contributed by atoms with E-state index in [0.29, 0.717) is 34.9 Å². The highest BCUT2D eigenvalue weighted by Gasteiger charge is 2.33. The molecule has 0 bridgehead atoms. The van der Waals surface area contributed by atoms with Crippen molar-refractivity contribution >= 4 is 47.8 Å². The van der Waals surface area contributed by atoms with E-state index in [0.717, 1.165) is 12.8 Å². The van der Waals surface area contributed by atoms with Crippen molar-refractivity contribution < 1.29 is 13.2 Å². The van der Waals surface area contributed by atoms with Crippen LogP contribution in [0.1, 0.15) is 39.5 Å². The fourth-order valence-corrected chi connectivity index (χ4v) is 5.97. The number of rotatable bonds is 6. The van der Waals surface area contributed by atoms with E-state index in [-0.39, 0.29) is 22.8 Å². The summed E-state index contributed by atoms with van der Waals surface area (Å²) in [4.78, 5) is 12.6. The Balaban J connectivity index is 2.01. The van der Waals surface area contributed by atoms with Crippen LogP contribution in [-0.4, -0.2) is 37.8 Å². The quantitative estimate of drug-likeness (QED) is 0.650. The predicted molar refractivity (Wildman–Crippen MR) is 106 cm³/mol. The normalized spacial score (nSPS) is 18.1. The number of piperidine rings is 1. The van der Waals surface area contributed by atoms with Gasteiger partial charge in [-0.1, -0.05) is 29.3 Å². The van der Waals surface area contributed by atoms with E-state index in [4.69, 9.17) is 0 Å². The fraction of sp³-hybridized carbons (Fsp3) is 0.588. The van der Waals surface area contributed by atoms with Gasteiger partial charge in [-0.25, -0.2) is 8.42 Å². The number of nitrogens with one attached hydrogen (secondary N) is 1. The lowest BCUT2D eigenvalue weighted by Gasteiger charge is -2.31. The molecule has 1 aliphatic heterocycles. The van der Waals surface area contributed by atoms with Gasteiger partial charge in [-0.3, -0.25) is 4.79 Å². The molecule has 2 rings (SSSR count). The molecule has 1 aromatic carbocycles. The van der Waals surface area contributed by atoms with E-state index >= 15 is 0 Å². The molecule has 8 heteroatoms. The molecule has 0 spiro atoms. The SMILES string of the molecule is CCCC(C)NC(=O)C1CCN(S(=O)(=O)c2cc(Br)ccc2Br)CC1. The lowest BCUT2D eigenvalue weighted by Crippen LogP contribution is -2.44. The average Bonchev–Trinajstić information content (AvgIpc) is 2.57.